The minimum Gasteiger partial charge on any atom is -0.209 e. The summed E-state index contributed by atoms with van der Waals surface area (Å²) in [6.07, 6.45) is 0. The molecule has 0 aliphatic heterocycles. The molecule has 0 aromatic heterocycles. The van der Waals surface area contributed by atoms with Gasteiger partial charge in [-0.25, -0.2) is 5.56 Å². The third-order valence-electron chi connectivity index (χ3n) is 5.53. The molecule has 133 valence electrons. The quantitative estimate of drug-likeness (QED) is 0.182. The van der Waals surface area contributed by atoms with Crippen molar-refractivity contribution in [2.45, 2.75) is 0 Å². The van der Waals surface area contributed by atoms with Crippen LogP contribution in [0.3, 0.4) is 0 Å². The van der Waals surface area contributed by atoms with Crippen molar-refractivity contribution in [3.63, 3.8) is 0 Å². The SMILES string of the molecule is [Y].[c-]1ccccc1-c1[c-]c2cc3cc4cc5ccccc5cc4cc3cc2cc1. The van der Waals surface area contributed by atoms with E-state index in [1.807, 2.05) is 18.2 Å². The van der Waals surface area contributed by atoms with Crippen LogP contribution in [0.25, 0.3) is 54.2 Å². The Morgan fingerprint density at radius 3 is 1.69 bits per heavy atom. The van der Waals surface area contributed by atoms with E-state index in [9.17, 15) is 0 Å². The average Bonchev–Trinajstić information content (AvgIpc) is 2.75. The molecule has 0 nitrogen and oxygen atoms in total. The normalized spacial score (nSPS) is 11.2. The second kappa shape index (κ2) is 7.37. The minimum absolute atomic E-state index is 0. The molecule has 0 amide bonds. The summed E-state index contributed by atoms with van der Waals surface area (Å²) in [5.74, 6) is 0. The van der Waals surface area contributed by atoms with Gasteiger partial charge in [-0.15, -0.1) is 23.6 Å². The van der Waals surface area contributed by atoms with Gasteiger partial charge in [0, 0.05) is 32.7 Å². The molecular weight excluding hydrogens is 425 g/mol. The van der Waals surface area contributed by atoms with E-state index in [0.717, 1.165) is 16.5 Å². The summed E-state index contributed by atoms with van der Waals surface area (Å²) >= 11 is 0. The fourth-order valence-corrected chi connectivity index (χ4v) is 4.09. The molecule has 1 heteroatoms. The van der Waals surface area contributed by atoms with Crippen LogP contribution in [-0.4, -0.2) is 0 Å². The van der Waals surface area contributed by atoms with Crippen LogP contribution < -0.4 is 0 Å². The summed E-state index contributed by atoms with van der Waals surface area (Å²) in [6, 6.07) is 41.5. The summed E-state index contributed by atoms with van der Waals surface area (Å²) in [5.41, 5.74) is 2.16. The number of rotatable bonds is 1. The van der Waals surface area contributed by atoms with E-state index in [1.165, 1.54) is 37.7 Å². The second-order valence-corrected chi connectivity index (χ2v) is 7.33. The van der Waals surface area contributed by atoms with E-state index < -0.39 is 0 Å². The maximum atomic E-state index is 3.58. The van der Waals surface area contributed by atoms with Crippen LogP contribution in [0.15, 0.2) is 97.1 Å². The van der Waals surface area contributed by atoms with Crippen molar-refractivity contribution in [2.24, 2.45) is 0 Å². The van der Waals surface area contributed by atoms with Gasteiger partial charge in [-0.2, -0.15) is 42.0 Å². The smallest absolute Gasteiger partial charge is 0 e. The fraction of sp³-hybridized carbons (Fsp3) is 0. The molecule has 0 aliphatic rings. The molecule has 0 atom stereocenters. The third kappa shape index (κ3) is 3.27. The Hall–Kier alpha value is -2.54. The van der Waals surface area contributed by atoms with Crippen LogP contribution in [0.1, 0.15) is 0 Å². The van der Waals surface area contributed by atoms with Gasteiger partial charge in [-0.3, -0.25) is 0 Å². The Morgan fingerprint density at radius 1 is 0.448 bits per heavy atom. The molecule has 0 spiro atoms. The van der Waals surface area contributed by atoms with Crippen molar-refractivity contribution in [2.75, 3.05) is 0 Å². The van der Waals surface area contributed by atoms with Gasteiger partial charge in [0.2, 0.25) is 0 Å². The van der Waals surface area contributed by atoms with Crippen molar-refractivity contribution < 1.29 is 32.7 Å². The van der Waals surface area contributed by atoms with Gasteiger partial charge in [-0.05, 0) is 45.1 Å². The summed E-state index contributed by atoms with van der Waals surface area (Å²) in [7, 11) is 0. The Bertz CT molecular complexity index is 1500. The molecule has 6 aromatic carbocycles. The zero-order valence-electron chi connectivity index (χ0n) is 15.8. The third-order valence-corrected chi connectivity index (χ3v) is 5.53. The van der Waals surface area contributed by atoms with Crippen LogP contribution in [0.5, 0.6) is 0 Å². The molecule has 6 rings (SSSR count). The van der Waals surface area contributed by atoms with E-state index >= 15 is 0 Å². The number of hydrogen-bond donors (Lipinski definition) is 0. The zero-order valence-corrected chi connectivity index (χ0v) is 18.7. The Morgan fingerprint density at radius 2 is 1.03 bits per heavy atom. The summed E-state index contributed by atoms with van der Waals surface area (Å²) in [5, 5.41) is 10.00. The first kappa shape index (κ1) is 18.5. The average molecular weight is 441 g/mol. The van der Waals surface area contributed by atoms with Crippen molar-refractivity contribution in [3.05, 3.63) is 109 Å². The predicted octanol–water partition coefficient (Wildman–Crippen LogP) is 7.56. The van der Waals surface area contributed by atoms with Gasteiger partial charge >= 0.3 is 0 Å². The van der Waals surface area contributed by atoms with E-state index in [2.05, 4.69) is 91.0 Å². The van der Waals surface area contributed by atoms with E-state index in [-0.39, 0.29) is 32.7 Å². The molecular formula is C28H16Y-2. The summed E-state index contributed by atoms with van der Waals surface area (Å²) in [6.45, 7) is 0. The topological polar surface area (TPSA) is 0 Å². The number of fused-ring (bicyclic) bond motifs is 4. The van der Waals surface area contributed by atoms with Gasteiger partial charge in [0.15, 0.2) is 0 Å². The minimum atomic E-state index is 0. The van der Waals surface area contributed by atoms with Crippen molar-refractivity contribution >= 4 is 43.1 Å². The molecule has 29 heavy (non-hydrogen) atoms. The first-order valence-electron chi connectivity index (χ1n) is 9.53. The predicted molar refractivity (Wildman–Crippen MR) is 120 cm³/mol. The van der Waals surface area contributed by atoms with E-state index in [0.29, 0.717) is 0 Å². The van der Waals surface area contributed by atoms with Gasteiger partial charge < -0.3 is 0 Å². The molecule has 0 saturated carbocycles. The number of benzene rings is 6. The second-order valence-electron chi connectivity index (χ2n) is 7.33. The molecule has 1 radical (unpaired) electrons. The monoisotopic (exact) mass is 441 g/mol. The molecule has 0 heterocycles. The van der Waals surface area contributed by atoms with Crippen LogP contribution in [0.2, 0.25) is 0 Å². The van der Waals surface area contributed by atoms with Crippen molar-refractivity contribution in [3.8, 4) is 11.1 Å². The molecule has 0 bridgehead atoms. The van der Waals surface area contributed by atoms with Crippen molar-refractivity contribution in [1.82, 2.24) is 0 Å². The molecule has 0 N–H and O–H groups in total. The standard InChI is InChI=1S/C28H16.Y/c1-2-6-19(7-3-1)22-10-11-23-15-27-17-25-12-20-8-4-5-9-21(20)13-26(25)18-28(27)16-24(23)14-22;/h1-6,8-13,15-18H;/q-2;. The van der Waals surface area contributed by atoms with Crippen LogP contribution in [0.4, 0.5) is 0 Å². The molecule has 0 aliphatic carbocycles. The Kier molecular flexibility index (Phi) is 4.70. The summed E-state index contributed by atoms with van der Waals surface area (Å²) < 4.78 is 0. The fourth-order valence-electron chi connectivity index (χ4n) is 4.09. The van der Waals surface area contributed by atoms with Crippen LogP contribution in [0, 0.1) is 12.1 Å². The molecule has 6 aromatic rings. The maximum Gasteiger partial charge on any atom is 0 e. The molecule has 0 fully saturated rings. The molecule has 0 unspecified atom stereocenters. The molecule has 0 saturated heterocycles. The van der Waals surface area contributed by atoms with Gasteiger partial charge in [0.05, 0.1) is 0 Å². The van der Waals surface area contributed by atoms with Crippen LogP contribution in [-0.2, 0) is 32.7 Å². The first-order valence-corrected chi connectivity index (χ1v) is 9.53. The van der Waals surface area contributed by atoms with E-state index in [1.54, 1.807) is 0 Å². The maximum absolute atomic E-state index is 3.58. The largest absolute Gasteiger partial charge is 0.209 e. The van der Waals surface area contributed by atoms with E-state index in [4.69, 9.17) is 0 Å². The first-order chi connectivity index (χ1) is 13.8. The van der Waals surface area contributed by atoms with Crippen molar-refractivity contribution in [1.29, 1.82) is 0 Å². The van der Waals surface area contributed by atoms with Gasteiger partial charge in [0.25, 0.3) is 0 Å². The van der Waals surface area contributed by atoms with Gasteiger partial charge in [-0.1, -0.05) is 47.2 Å². The zero-order chi connectivity index (χ0) is 18.5. The van der Waals surface area contributed by atoms with Crippen LogP contribution >= 0.6 is 0 Å². The Balaban J connectivity index is 0.00000181. The van der Waals surface area contributed by atoms with Gasteiger partial charge in [0.1, 0.15) is 0 Å². The Labute approximate surface area is 195 Å². The number of hydrogen-bond acceptors (Lipinski definition) is 0. The summed E-state index contributed by atoms with van der Waals surface area (Å²) in [4.78, 5) is 0.